The highest BCUT2D eigenvalue weighted by Crippen LogP contribution is 2.27. The Bertz CT molecular complexity index is 919. The molecule has 0 aliphatic carbocycles. The van der Waals surface area contributed by atoms with Gasteiger partial charge in [-0.2, -0.15) is 0 Å². The Hall–Kier alpha value is -2.82. The Labute approximate surface area is 146 Å². The van der Waals surface area contributed by atoms with Crippen LogP contribution in [-0.2, 0) is 0 Å². The van der Waals surface area contributed by atoms with Crippen molar-refractivity contribution in [2.24, 2.45) is 0 Å². The van der Waals surface area contributed by atoms with Gasteiger partial charge in [0.25, 0.3) is 5.91 Å². The van der Waals surface area contributed by atoms with E-state index in [4.69, 9.17) is 0 Å². The van der Waals surface area contributed by atoms with Crippen molar-refractivity contribution in [3.05, 3.63) is 66.0 Å². The van der Waals surface area contributed by atoms with E-state index < -0.39 is 0 Å². The smallest absolute Gasteiger partial charge is 0.273 e. The van der Waals surface area contributed by atoms with Gasteiger partial charge in [0.15, 0.2) is 0 Å². The van der Waals surface area contributed by atoms with Crippen molar-refractivity contribution < 1.29 is 4.79 Å². The lowest BCUT2D eigenvalue weighted by atomic mass is 9.94. The Kier molecular flexibility index (Phi) is 4.14. The lowest BCUT2D eigenvalue weighted by Gasteiger charge is -2.32. The first-order chi connectivity index (χ1) is 12.2. The Balaban J connectivity index is 1.61. The fourth-order valence-electron chi connectivity index (χ4n) is 3.54. The van der Waals surface area contributed by atoms with Crippen LogP contribution in [0.3, 0.4) is 0 Å². The molecule has 1 saturated heterocycles. The number of piperidine rings is 1. The molecule has 5 nitrogen and oxygen atoms in total. The third-order valence-electron chi connectivity index (χ3n) is 4.80. The van der Waals surface area contributed by atoms with Gasteiger partial charge in [0.2, 0.25) is 0 Å². The molecule has 0 radical (unpaired) electrons. The molecule has 4 rings (SSSR count). The van der Waals surface area contributed by atoms with Crippen molar-refractivity contribution in [1.82, 2.24) is 19.9 Å². The van der Waals surface area contributed by atoms with E-state index in [-0.39, 0.29) is 11.8 Å². The summed E-state index contributed by atoms with van der Waals surface area (Å²) in [4.78, 5) is 28.1. The zero-order chi connectivity index (χ0) is 17.2. The van der Waals surface area contributed by atoms with Crippen LogP contribution in [0.4, 0.5) is 0 Å². The Morgan fingerprint density at radius 2 is 1.96 bits per heavy atom. The van der Waals surface area contributed by atoms with Gasteiger partial charge in [0.05, 0.1) is 0 Å². The molecule has 1 aromatic carbocycles. The number of aromatic nitrogens is 3. The zero-order valence-corrected chi connectivity index (χ0v) is 14.2. The maximum absolute atomic E-state index is 13.1. The lowest BCUT2D eigenvalue weighted by Crippen LogP contribution is -2.39. The number of rotatable bonds is 2. The van der Waals surface area contributed by atoms with Crippen LogP contribution >= 0.6 is 0 Å². The highest BCUT2D eigenvalue weighted by Gasteiger charge is 2.27. The van der Waals surface area contributed by atoms with E-state index >= 15 is 0 Å². The normalized spacial score (nSPS) is 17.6. The maximum Gasteiger partial charge on any atom is 0.273 e. The fourth-order valence-corrected chi connectivity index (χ4v) is 3.54. The first-order valence-corrected chi connectivity index (χ1v) is 8.65. The molecule has 1 unspecified atom stereocenters. The number of carbonyl (C=O) groups excluding carboxylic acids is 1. The van der Waals surface area contributed by atoms with E-state index in [9.17, 15) is 4.79 Å². The molecular weight excluding hydrogens is 312 g/mol. The Morgan fingerprint density at radius 3 is 2.84 bits per heavy atom. The van der Waals surface area contributed by atoms with Gasteiger partial charge in [-0.3, -0.25) is 9.78 Å². The van der Waals surface area contributed by atoms with Gasteiger partial charge in [-0.15, -0.1) is 0 Å². The average Bonchev–Trinajstić information content (AvgIpc) is 2.67. The largest absolute Gasteiger partial charge is 0.337 e. The van der Waals surface area contributed by atoms with E-state index in [1.54, 1.807) is 12.4 Å². The highest BCUT2D eigenvalue weighted by molar-refractivity contribution is 6.05. The second-order valence-corrected chi connectivity index (χ2v) is 6.50. The molecule has 5 heteroatoms. The monoisotopic (exact) mass is 332 g/mol. The summed E-state index contributed by atoms with van der Waals surface area (Å²) in [5.74, 6) is 1.04. The standard InChI is InChI=1S/C20H20N4O/c1-14-21-11-9-18(23-14)16-6-4-12-24(13-16)20(25)19-17-7-3-2-5-15(17)8-10-22-19/h2-3,5,7-11,16H,4,6,12-13H2,1H3. The van der Waals surface area contributed by atoms with Gasteiger partial charge in [0.1, 0.15) is 11.5 Å². The topological polar surface area (TPSA) is 59.0 Å². The van der Waals surface area contributed by atoms with Crippen LogP contribution in [0.1, 0.15) is 40.8 Å². The number of amides is 1. The molecule has 126 valence electrons. The predicted octanol–water partition coefficient (Wildman–Crippen LogP) is 3.35. The van der Waals surface area contributed by atoms with Crippen LogP contribution in [0.2, 0.25) is 0 Å². The maximum atomic E-state index is 13.1. The number of hydrogen-bond acceptors (Lipinski definition) is 4. The molecule has 1 fully saturated rings. The van der Waals surface area contributed by atoms with Crippen molar-refractivity contribution in [3.8, 4) is 0 Å². The minimum Gasteiger partial charge on any atom is -0.337 e. The second-order valence-electron chi connectivity index (χ2n) is 6.50. The third-order valence-corrected chi connectivity index (χ3v) is 4.80. The molecule has 3 aromatic rings. The molecule has 0 saturated carbocycles. The van der Waals surface area contributed by atoms with Crippen molar-refractivity contribution in [3.63, 3.8) is 0 Å². The minimum atomic E-state index is 0.00674. The molecule has 3 heterocycles. The van der Waals surface area contributed by atoms with Crippen molar-refractivity contribution in [2.45, 2.75) is 25.7 Å². The van der Waals surface area contributed by atoms with Crippen molar-refractivity contribution >= 4 is 16.7 Å². The summed E-state index contributed by atoms with van der Waals surface area (Å²) in [7, 11) is 0. The summed E-state index contributed by atoms with van der Waals surface area (Å²) in [6.07, 6.45) is 5.53. The van der Waals surface area contributed by atoms with Gasteiger partial charge in [0, 0.05) is 42.5 Å². The van der Waals surface area contributed by atoms with E-state index in [0.717, 1.165) is 41.7 Å². The predicted molar refractivity (Wildman–Crippen MR) is 96.4 cm³/mol. The number of likely N-dealkylation sites (tertiary alicyclic amines) is 1. The molecule has 0 N–H and O–H groups in total. The van der Waals surface area contributed by atoms with Crippen LogP contribution in [0.5, 0.6) is 0 Å². The van der Waals surface area contributed by atoms with Crippen LogP contribution < -0.4 is 0 Å². The molecule has 2 aromatic heterocycles. The van der Waals surface area contributed by atoms with Gasteiger partial charge in [-0.25, -0.2) is 9.97 Å². The summed E-state index contributed by atoms with van der Waals surface area (Å²) in [6, 6.07) is 11.8. The summed E-state index contributed by atoms with van der Waals surface area (Å²) in [6.45, 7) is 3.35. The minimum absolute atomic E-state index is 0.00674. The number of benzene rings is 1. The quantitative estimate of drug-likeness (QED) is 0.722. The number of aryl methyl sites for hydroxylation is 1. The number of hydrogen-bond donors (Lipinski definition) is 0. The highest BCUT2D eigenvalue weighted by atomic mass is 16.2. The Morgan fingerprint density at radius 1 is 1.12 bits per heavy atom. The molecule has 25 heavy (non-hydrogen) atoms. The molecule has 1 aliphatic rings. The van der Waals surface area contributed by atoms with E-state index in [0.29, 0.717) is 12.2 Å². The molecular formula is C20H20N4O. The molecule has 0 bridgehead atoms. The van der Waals surface area contributed by atoms with Crippen LogP contribution in [0.25, 0.3) is 10.8 Å². The van der Waals surface area contributed by atoms with E-state index in [2.05, 4.69) is 15.0 Å². The zero-order valence-electron chi connectivity index (χ0n) is 14.2. The SMILES string of the molecule is Cc1nccc(C2CCCN(C(=O)c3nccc4ccccc34)C2)n1. The molecule has 1 atom stereocenters. The summed E-state index contributed by atoms with van der Waals surface area (Å²) in [5, 5.41) is 1.95. The van der Waals surface area contributed by atoms with Gasteiger partial charge in [-0.1, -0.05) is 24.3 Å². The van der Waals surface area contributed by atoms with Gasteiger partial charge in [-0.05, 0) is 37.3 Å². The van der Waals surface area contributed by atoms with Crippen LogP contribution in [-0.4, -0.2) is 38.8 Å². The van der Waals surface area contributed by atoms with Crippen LogP contribution in [0, 0.1) is 6.92 Å². The second kappa shape index (κ2) is 6.59. The number of pyridine rings is 1. The summed E-state index contributed by atoms with van der Waals surface area (Å²) < 4.78 is 0. The average molecular weight is 332 g/mol. The fraction of sp³-hybridized carbons (Fsp3) is 0.300. The number of fused-ring (bicyclic) bond motifs is 1. The number of carbonyl (C=O) groups is 1. The van der Waals surface area contributed by atoms with Gasteiger partial charge < -0.3 is 4.90 Å². The molecule has 0 spiro atoms. The third kappa shape index (κ3) is 3.09. The summed E-state index contributed by atoms with van der Waals surface area (Å²) >= 11 is 0. The first kappa shape index (κ1) is 15.7. The van der Waals surface area contributed by atoms with E-state index in [1.807, 2.05) is 48.2 Å². The van der Waals surface area contributed by atoms with E-state index in [1.165, 1.54) is 0 Å². The summed E-state index contributed by atoms with van der Waals surface area (Å²) in [5.41, 5.74) is 1.56. The number of nitrogens with zero attached hydrogens (tertiary/aromatic N) is 4. The van der Waals surface area contributed by atoms with Crippen molar-refractivity contribution in [2.75, 3.05) is 13.1 Å². The molecule has 1 amide bonds. The van der Waals surface area contributed by atoms with Crippen LogP contribution in [0.15, 0.2) is 48.8 Å². The van der Waals surface area contributed by atoms with Gasteiger partial charge >= 0.3 is 0 Å². The first-order valence-electron chi connectivity index (χ1n) is 8.65. The lowest BCUT2D eigenvalue weighted by molar-refractivity contribution is 0.0702. The molecule has 1 aliphatic heterocycles. The van der Waals surface area contributed by atoms with Crippen molar-refractivity contribution in [1.29, 1.82) is 0 Å².